The van der Waals surface area contributed by atoms with Crippen molar-refractivity contribution in [2.24, 2.45) is 0 Å². The highest BCUT2D eigenvalue weighted by Gasteiger charge is 2.29. The molecule has 0 fully saturated rings. The van der Waals surface area contributed by atoms with Crippen molar-refractivity contribution < 1.29 is 14.6 Å². The molecule has 1 unspecified atom stereocenters. The second kappa shape index (κ2) is 4.94. The fourth-order valence-corrected chi connectivity index (χ4v) is 0.967. The number of nitrogens with one attached hydrogen (secondary N) is 1. The van der Waals surface area contributed by atoms with Gasteiger partial charge in [-0.25, -0.2) is 0 Å². The van der Waals surface area contributed by atoms with Crippen molar-refractivity contribution >= 4 is 5.91 Å². The van der Waals surface area contributed by atoms with E-state index in [4.69, 9.17) is 4.74 Å². The largest absolute Gasteiger partial charge is 0.391 e. The lowest BCUT2D eigenvalue weighted by Crippen LogP contribution is -2.52. The number of methoxy groups -OCH3 is 1. The van der Waals surface area contributed by atoms with E-state index in [1.54, 1.807) is 27.9 Å². The van der Waals surface area contributed by atoms with Gasteiger partial charge in [-0.15, -0.1) is 0 Å². The third-order valence-electron chi connectivity index (χ3n) is 2.64. The van der Waals surface area contributed by atoms with E-state index in [-0.39, 0.29) is 12.3 Å². The first-order valence-corrected chi connectivity index (χ1v) is 5.15. The van der Waals surface area contributed by atoms with E-state index in [1.807, 2.05) is 13.8 Å². The number of hydrogen-bond donors (Lipinski definition) is 2. The van der Waals surface area contributed by atoms with Crippen LogP contribution in [-0.2, 0) is 9.53 Å². The fraction of sp³-hybridized carbons (Fsp3) is 0.909. The molecule has 0 spiro atoms. The molecule has 15 heavy (non-hydrogen) atoms. The van der Waals surface area contributed by atoms with E-state index >= 15 is 0 Å². The van der Waals surface area contributed by atoms with Crippen LogP contribution in [-0.4, -0.2) is 35.4 Å². The molecule has 1 atom stereocenters. The van der Waals surface area contributed by atoms with Crippen LogP contribution in [0.25, 0.3) is 0 Å². The number of hydrogen-bond acceptors (Lipinski definition) is 3. The van der Waals surface area contributed by atoms with Gasteiger partial charge in [0.15, 0.2) is 0 Å². The van der Waals surface area contributed by atoms with Gasteiger partial charge in [0.25, 0.3) is 0 Å². The van der Waals surface area contributed by atoms with E-state index in [0.29, 0.717) is 0 Å². The summed E-state index contributed by atoms with van der Waals surface area (Å²) in [6.45, 7) is 8.93. The smallest absolute Gasteiger partial charge is 0.223 e. The third-order valence-corrected chi connectivity index (χ3v) is 2.64. The van der Waals surface area contributed by atoms with Crippen LogP contribution in [0.5, 0.6) is 0 Å². The van der Waals surface area contributed by atoms with E-state index in [0.717, 1.165) is 0 Å². The summed E-state index contributed by atoms with van der Waals surface area (Å²) in [5, 5.41) is 12.2. The molecule has 0 radical (unpaired) electrons. The summed E-state index contributed by atoms with van der Waals surface area (Å²) in [5.41, 5.74) is -1.08. The Labute approximate surface area is 92.0 Å². The van der Waals surface area contributed by atoms with Gasteiger partial charge in [-0.2, -0.15) is 0 Å². The summed E-state index contributed by atoms with van der Waals surface area (Å²) in [6, 6.07) is 0. The SMILES string of the molecule is COC(C)(C)CC(=O)NC(C)(C)C(C)O. The summed E-state index contributed by atoms with van der Waals surface area (Å²) in [7, 11) is 1.58. The Morgan fingerprint density at radius 3 is 2.20 bits per heavy atom. The van der Waals surface area contributed by atoms with Crippen molar-refractivity contribution in [1.29, 1.82) is 0 Å². The molecular weight excluding hydrogens is 194 g/mol. The molecule has 1 amide bonds. The van der Waals surface area contributed by atoms with Crippen molar-refractivity contribution in [2.45, 2.75) is 58.3 Å². The van der Waals surface area contributed by atoms with Crippen molar-refractivity contribution in [3.63, 3.8) is 0 Å². The summed E-state index contributed by atoms with van der Waals surface area (Å²) in [5.74, 6) is -0.118. The zero-order chi connectivity index (χ0) is 12.3. The molecule has 4 nitrogen and oxygen atoms in total. The molecule has 0 aromatic heterocycles. The summed E-state index contributed by atoms with van der Waals surface area (Å²) in [6.07, 6.45) is -0.313. The van der Waals surface area contributed by atoms with E-state index in [9.17, 15) is 9.90 Å². The molecule has 0 bridgehead atoms. The lowest BCUT2D eigenvalue weighted by molar-refractivity contribution is -0.129. The summed E-state index contributed by atoms with van der Waals surface area (Å²) < 4.78 is 5.16. The van der Waals surface area contributed by atoms with E-state index in [1.165, 1.54) is 0 Å². The zero-order valence-corrected chi connectivity index (χ0v) is 10.5. The van der Waals surface area contributed by atoms with Crippen molar-refractivity contribution in [2.75, 3.05) is 7.11 Å². The molecule has 0 rings (SSSR count). The molecule has 0 aromatic rings. The van der Waals surface area contributed by atoms with Crippen LogP contribution < -0.4 is 5.32 Å². The number of amides is 1. The monoisotopic (exact) mass is 217 g/mol. The third kappa shape index (κ3) is 5.14. The molecule has 0 heterocycles. The van der Waals surface area contributed by atoms with Gasteiger partial charge in [0, 0.05) is 7.11 Å². The molecule has 4 heteroatoms. The average molecular weight is 217 g/mol. The van der Waals surface area contributed by atoms with Gasteiger partial charge in [0.1, 0.15) is 0 Å². The van der Waals surface area contributed by atoms with Crippen LogP contribution in [0.1, 0.15) is 41.0 Å². The predicted octanol–water partition coefficient (Wildman–Crippen LogP) is 1.08. The number of aliphatic hydroxyl groups is 1. The van der Waals surface area contributed by atoms with Gasteiger partial charge >= 0.3 is 0 Å². The summed E-state index contributed by atoms with van der Waals surface area (Å²) >= 11 is 0. The van der Waals surface area contributed by atoms with Crippen molar-refractivity contribution in [3.05, 3.63) is 0 Å². The van der Waals surface area contributed by atoms with Crippen molar-refractivity contribution in [3.8, 4) is 0 Å². The molecular formula is C11H23NO3. The van der Waals surface area contributed by atoms with Crippen molar-refractivity contribution in [1.82, 2.24) is 5.32 Å². The maximum absolute atomic E-state index is 11.6. The van der Waals surface area contributed by atoms with Gasteiger partial charge < -0.3 is 15.2 Å². The Hall–Kier alpha value is -0.610. The topological polar surface area (TPSA) is 58.6 Å². The molecule has 2 N–H and O–H groups in total. The highest BCUT2D eigenvalue weighted by atomic mass is 16.5. The zero-order valence-electron chi connectivity index (χ0n) is 10.5. The van der Waals surface area contributed by atoms with Crippen LogP contribution >= 0.6 is 0 Å². The second-order valence-electron chi connectivity index (χ2n) is 5.09. The minimum Gasteiger partial charge on any atom is -0.391 e. The highest BCUT2D eigenvalue weighted by Crippen LogP contribution is 2.15. The van der Waals surface area contributed by atoms with Crippen LogP contribution in [0.3, 0.4) is 0 Å². The highest BCUT2D eigenvalue weighted by molar-refractivity contribution is 5.77. The first kappa shape index (κ1) is 14.4. The van der Waals surface area contributed by atoms with E-state index < -0.39 is 17.2 Å². The normalized spacial score (nSPS) is 14.9. The molecule has 0 saturated heterocycles. The van der Waals surface area contributed by atoms with E-state index in [2.05, 4.69) is 5.32 Å². The number of carbonyl (C=O) groups is 1. The number of aliphatic hydroxyl groups excluding tert-OH is 1. The molecule has 90 valence electrons. The quantitative estimate of drug-likeness (QED) is 0.724. The van der Waals surface area contributed by atoms with Crippen LogP contribution in [0, 0.1) is 0 Å². The van der Waals surface area contributed by atoms with Gasteiger partial charge in [0.2, 0.25) is 5.91 Å². The molecule has 0 aromatic carbocycles. The Morgan fingerprint density at radius 2 is 1.87 bits per heavy atom. The van der Waals surface area contributed by atoms with Gasteiger partial charge in [0.05, 0.1) is 23.7 Å². The molecule has 0 saturated carbocycles. The average Bonchev–Trinajstić information content (AvgIpc) is 2.01. The number of rotatable bonds is 5. The van der Waals surface area contributed by atoms with Gasteiger partial charge in [-0.1, -0.05) is 0 Å². The van der Waals surface area contributed by atoms with Gasteiger partial charge in [-0.05, 0) is 34.6 Å². The maximum atomic E-state index is 11.6. The van der Waals surface area contributed by atoms with Crippen LogP contribution in [0.4, 0.5) is 0 Å². The molecule has 0 aliphatic heterocycles. The Morgan fingerprint density at radius 1 is 1.40 bits per heavy atom. The molecule has 0 aliphatic carbocycles. The first-order valence-electron chi connectivity index (χ1n) is 5.15. The second-order valence-corrected chi connectivity index (χ2v) is 5.09. The van der Waals surface area contributed by atoms with Gasteiger partial charge in [-0.3, -0.25) is 4.79 Å². The van der Waals surface area contributed by atoms with Crippen LogP contribution in [0.2, 0.25) is 0 Å². The Kier molecular flexibility index (Phi) is 4.74. The minimum atomic E-state index is -0.610. The fourth-order valence-electron chi connectivity index (χ4n) is 0.967. The lowest BCUT2D eigenvalue weighted by Gasteiger charge is -2.31. The number of carbonyl (C=O) groups excluding carboxylic acids is 1. The standard InChI is InChI=1S/C11H23NO3/c1-8(13)11(4,5)12-9(14)7-10(2,3)15-6/h8,13H,7H2,1-6H3,(H,12,14). The maximum Gasteiger partial charge on any atom is 0.223 e. The lowest BCUT2D eigenvalue weighted by atomic mass is 9.97. The first-order chi connectivity index (χ1) is 6.60. The Balaban J connectivity index is 4.27. The Bertz CT molecular complexity index is 222. The number of ether oxygens (including phenoxy) is 1. The minimum absolute atomic E-state index is 0.118. The van der Waals surface area contributed by atoms with Crippen LogP contribution in [0.15, 0.2) is 0 Å². The summed E-state index contributed by atoms with van der Waals surface area (Å²) in [4.78, 5) is 11.6. The predicted molar refractivity (Wildman–Crippen MR) is 59.6 cm³/mol. The molecule has 0 aliphatic rings.